The van der Waals surface area contributed by atoms with Crippen LogP contribution in [0.2, 0.25) is 0 Å². The summed E-state index contributed by atoms with van der Waals surface area (Å²) in [6.07, 6.45) is 5.98. The van der Waals surface area contributed by atoms with Crippen molar-refractivity contribution in [1.29, 1.82) is 0 Å². The summed E-state index contributed by atoms with van der Waals surface area (Å²) in [6.45, 7) is 4.30. The molecule has 11 heteroatoms. The van der Waals surface area contributed by atoms with Crippen LogP contribution in [0, 0.1) is 6.92 Å². The third kappa shape index (κ3) is 4.79. The molecule has 0 aliphatic carbocycles. The van der Waals surface area contributed by atoms with Crippen LogP contribution in [0.15, 0.2) is 90.3 Å². The number of amides is 1. The minimum absolute atomic E-state index is 0.178. The molecule has 1 fully saturated rings. The zero-order valence-corrected chi connectivity index (χ0v) is 22.7. The lowest BCUT2D eigenvalue weighted by Gasteiger charge is -2.34. The maximum Gasteiger partial charge on any atom is 0.407 e. The van der Waals surface area contributed by atoms with Gasteiger partial charge in [0.1, 0.15) is 0 Å². The molecule has 0 radical (unpaired) electrons. The number of aromatic nitrogens is 4. The first-order chi connectivity index (χ1) is 19.3. The molecule has 0 spiro atoms. The predicted octanol–water partition coefficient (Wildman–Crippen LogP) is 4.29. The molecule has 4 heterocycles. The van der Waals surface area contributed by atoms with Gasteiger partial charge in [-0.1, -0.05) is 48.0 Å². The lowest BCUT2D eigenvalue weighted by molar-refractivity contribution is 0.142. The second-order valence-electron chi connectivity index (χ2n) is 9.89. The number of hydrogen-bond acceptors (Lipinski definition) is 6. The third-order valence-corrected chi connectivity index (χ3v) is 8.89. The summed E-state index contributed by atoms with van der Waals surface area (Å²) in [7, 11) is -3.92. The Hall–Kier alpha value is -4.64. The zero-order valence-electron chi connectivity index (χ0n) is 21.9. The molecule has 1 aliphatic heterocycles. The fourth-order valence-electron chi connectivity index (χ4n) is 4.99. The van der Waals surface area contributed by atoms with Crippen LogP contribution in [0.25, 0.3) is 22.2 Å². The number of fused-ring (bicyclic) bond motifs is 1. The molecular formula is C29H28N6O4S. The van der Waals surface area contributed by atoms with Crippen LogP contribution in [0.5, 0.6) is 0 Å². The molecule has 6 rings (SSSR count). The largest absolute Gasteiger partial charge is 0.465 e. The Labute approximate surface area is 231 Å². The van der Waals surface area contributed by atoms with Gasteiger partial charge in [0.05, 0.1) is 29.5 Å². The van der Waals surface area contributed by atoms with Crippen LogP contribution >= 0.6 is 0 Å². The minimum Gasteiger partial charge on any atom is -0.465 e. The number of carboxylic acid groups (broad SMARTS) is 1. The number of carbonyl (C=O) groups is 1. The quantitative estimate of drug-likeness (QED) is 0.332. The van der Waals surface area contributed by atoms with Crippen molar-refractivity contribution in [3.05, 3.63) is 96.6 Å². The van der Waals surface area contributed by atoms with Crippen LogP contribution in [0.1, 0.15) is 11.1 Å². The Kier molecular flexibility index (Phi) is 6.51. The van der Waals surface area contributed by atoms with Crippen molar-refractivity contribution < 1.29 is 18.3 Å². The van der Waals surface area contributed by atoms with Crippen molar-refractivity contribution in [2.75, 3.05) is 31.1 Å². The Bertz CT molecular complexity index is 1790. The molecular weight excluding hydrogens is 528 g/mol. The van der Waals surface area contributed by atoms with E-state index in [2.05, 4.69) is 15.0 Å². The highest BCUT2D eigenvalue weighted by molar-refractivity contribution is 7.90. The Morgan fingerprint density at radius 3 is 2.38 bits per heavy atom. The van der Waals surface area contributed by atoms with Gasteiger partial charge >= 0.3 is 6.09 Å². The summed E-state index contributed by atoms with van der Waals surface area (Å²) >= 11 is 0. The Morgan fingerprint density at radius 1 is 0.950 bits per heavy atom. The fourth-order valence-corrected chi connectivity index (χ4v) is 6.32. The Morgan fingerprint density at radius 2 is 1.68 bits per heavy atom. The van der Waals surface area contributed by atoms with Gasteiger partial charge in [-0.05, 0) is 30.7 Å². The highest BCUT2D eigenvalue weighted by Gasteiger charge is 2.26. The molecule has 5 aromatic rings. The molecule has 1 N–H and O–H groups in total. The van der Waals surface area contributed by atoms with Gasteiger partial charge in [-0.15, -0.1) is 0 Å². The maximum absolute atomic E-state index is 13.8. The molecule has 10 nitrogen and oxygen atoms in total. The van der Waals surface area contributed by atoms with Gasteiger partial charge in [-0.2, -0.15) is 5.10 Å². The predicted molar refractivity (Wildman–Crippen MR) is 152 cm³/mol. The molecule has 0 unspecified atom stereocenters. The fraction of sp³-hybridized carbons (Fsp3) is 0.207. The Balaban J connectivity index is 1.43. The van der Waals surface area contributed by atoms with Crippen LogP contribution in [0.3, 0.4) is 0 Å². The molecule has 0 bridgehead atoms. The van der Waals surface area contributed by atoms with Gasteiger partial charge in [-0.3, -0.25) is 4.68 Å². The molecule has 1 aliphatic rings. The number of pyridine rings is 1. The van der Waals surface area contributed by atoms with Crippen LogP contribution in [-0.2, 0) is 16.6 Å². The molecule has 0 saturated carbocycles. The minimum atomic E-state index is -3.92. The van der Waals surface area contributed by atoms with Crippen molar-refractivity contribution in [2.45, 2.75) is 18.4 Å². The molecule has 204 valence electrons. The highest BCUT2D eigenvalue weighted by atomic mass is 32.2. The monoisotopic (exact) mass is 556 g/mol. The van der Waals surface area contributed by atoms with Gasteiger partial charge in [-0.25, -0.2) is 22.2 Å². The molecule has 1 saturated heterocycles. The summed E-state index contributed by atoms with van der Waals surface area (Å²) in [5, 5.41) is 14.5. The van der Waals surface area contributed by atoms with E-state index >= 15 is 0 Å². The molecule has 3 aromatic heterocycles. The molecule has 0 atom stereocenters. The van der Waals surface area contributed by atoms with Gasteiger partial charge in [0, 0.05) is 55.1 Å². The van der Waals surface area contributed by atoms with Crippen molar-refractivity contribution in [1.82, 2.24) is 23.6 Å². The van der Waals surface area contributed by atoms with Gasteiger partial charge in [0.15, 0.2) is 5.65 Å². The maximum atomic E-state index is 13.8. The van der Waals surface area contributed by atoms with E-state index in [1.807, 2.05) is 54.2 Å². The third-order valence-electron chi connectivity index (χ3n) is 7.22. The second-order valence-corrected chi connectivity index (χ2v) is 11.7. The van der Waals surface area contributed by atoms with Crippen LogP contribution in [0.4, 0.5) is 10.5 Å². The lowest BCUT2D eigenvalue weighted by Crippen LogP contribution is -2.48. The van der Waals surface area contributed by atoms with Gasteiger partial charge < -0.3 is 14.9 Å². The molecule has 1 amide bonds. The molecule has 2 aromatic carbocycles. The van der Waals surface area contributed by atoms with Crippen molar-refractivity contribution in [3.63, 3.8) is 0 Å². The summed E-state index contributed by atoms with van der Waals surface area (Å²) in [5.41, 5.74) is 4.66. The normalized spacial score (nSPS) is 14.1. The summed E-state index contributed by atoms with van der Waals surface area (Å²) < 4.78 is 30.6. The lowest BCUT2D eigenvalue weighted by atomic mass is 10.1. The van der Waals surface area contributed by atoms with E-state index in [1.54, 1.807) is 42.9 Å². The van der Waals surface area contributed by atoms with Crippen LogP contribution in [-0.4, -0.2) is 69.4 Å². The van der Waals surface area contributed by atoms with Crippen molar-refractivity contribution in [3.8, 4) is 11.1 Å². The average molecular weight is 557 g/mol. The first kappa shape index (κ1) is 25.6. The number of aryl methyl sites for hydroxylation is 1. The summed E-state index contributed by atoms with van der Waals surface area (Å²) in [4.78, 5) is 19.6. The number of rotatable bonds is 6. The van der Waals surface area contributed by atoms with E-state index < -0.39 is 16.1 Å². The average Bonchev–Trinajstić information content (AvgIpc) is 3.58. The number of anilines is 1. The van der Waals surface area contributed by atoms with E-state index in [-0.39, 0.29) is 4.90 Å². The SMILES string of the molecule is Cc1ccc(S(=O)(=O)n2cc(-c3cnn(Cc4ccccc4)c3)c3cc(N4CCN(C(=O)O)CC4)cnc32)cc1. The van der Waals surface area contributed by atoms with E-state index in [0.717, 1.165) is 22.4 Å². The number of nitrogens with zero attached hydrogens (tertiary/aromatic N) is 6. The van der Waals surface area contributed by atoms with Crippen molar-refractivity contribution in [2.24, 2.45) is 0 Å². The smallest absolute Gasteiger partial charge is 0.407 e. The van der Waals surface area contributed by atoms with Gasteiger partial charge in [0.2, 0.25) is 0 Å². The standard InChI is InChI=1S/C29H28N6O4S/c1-21-7-9-25(10-8-21)40(38,39)35-20-27(23-16-31-34(19-23)18-22-5-3-2-4-6-22)26-15-24(17-30-28(26)35)32-11-13-33(14-12-32)29(36)37/h2-10,15-17,19-20H,11-14,18H2,1H3,(H,36,37). The first-order valence-corrected chi connectivity index (χ1v) is 14.4. The van der Waals surface area contributed by atoms with E-state index in [1.165, 1.54) is 8.87 Å². The zero-order chi connectivity index (χ0) is 27.9. The summed E-state index contributed by atoms with van der Waals surface area (Å²) in [5.74, 6) is 0. The van der Waals surface area contributed by atoms with E-state index in [4.69, 9.17) is 0 Å². The number of hydrogen-bond donors (Lipinski definition) is 1. The topological polar surface area (TPSA) is 114 Å². The first-order valence-electron chi connectivity index (χ1n) is 12.9. The summed E-state index contributed by atoms with van der Waals surface area (Å²) in [6, 6.07) is 18.7. The second kappa shape index (κ2) is 10.2. The highest BCUT2D eigenvalue weighted by Crippen LogP contribution is 2.34. The number of benzene rings is 2. The van der Waals surface area contributed by atoms with Crippen molar-refractivity contribution >= 4 is 32.8 Å². The van der Waals surface area contributed by atoms with E-state index in [0.29, 0.717) is 49.3 Å². The number of piperazine rings is 1. The molecule has 40 heavy (non-hydrogen) atoms. The van der Waals surface area contributed by atoms with Crippen LogP contribution < -0.4 is 4.90 Å². The van der Waals surface area contributed by atoms with Gasteiger partial charge in [0.25, 0.3) is 10.0 Å². The van der Waals surface area contributed by atoms with E-state index in [9.17, 15) is 18.3 Å².